The lowest BCUT2D eigenvalue weighted by molar-refractivity contribution is -0.0690. The Hall–Kier alpha value is -0.160. The van der Waals surface area contributed by atoms with E-state index in [0.29, 0.717) is 6.10 Å². The monoisotopic (exact) mass is 297 g/mol. The van der Waals surface area contributed by atoms with Crippen LogP contribution in [0.2, 0.25) is 0 Å². The number of hydrogen-bond donors (Lipinski definition) is 1. The molecular formula is C17H35N3O. The molecule has 2 saturated heterocycles. The number of likely N-dealkylation sites (tertiary alicyclic amines) is 1. The van der Waals surface area contributed by atoms with Crippen LogP contribution >= 0.6 is 0 Å². The van der Waals surface area contributed by atoms with E-state index in [9.17, 15) is 0 Å². The summed E-state index contributed by atoms with van der Waals surface area (Å²) in [5.74, 6) is 0. The van der Waals surface area contributed by atoms with Gasteiger partial charge in [-0.3, -0.25) is 9.80 Å². The van der Waals surface area contributed by atoms with E-state index in [2.05, 4.69) is 30.6 Å². The van der Waals surface area contributed by atoms with Gasteiger partial charge in [0.05, 0.1) is 6.10 Å². The molecule has 0 amide bonds. The van der Waals surface area contributed by atoms with Crippen LogP contribution in [0.3, 0.4) is 0 Å². The van der Waals surface area contributed by atoms with E-state index < -0.39 is 0 Å². The molecule has 0 aliphatic carbocycles. The minimum Gasteiger partial charge on any atom is -0.378 e. The molecule has 2 rings (SSSR count). The molecule has 0 radical (unpaired) electrons. The average molecular weight is 297 g/mol. The van der Waals surface area contributed by atoms with E-state index in [-0.39, 0.29) is 5.54 Å². The third-order valence-electron chi connectivity index (χ3n) is 5.68. The van der Waals surface area contributed by atoms with Crippen molar-refractivity contribution < 1.29 is 4.74 Å². The fraction of sp³-hybridized carbons (Fsp3) is 1.00. The zero-order valence-corrected chi connectivity index (χ0v) is 14.3. The fourth-order valence-corrected chi connectivity index (χ4v) is 4.32. The minimum absolute atomic E-state index is 0.194. The summed E-state index contributed by atoms with van der Waals surface area (Å²) < 4.78 is 5.96. The maximum atomic E-state index is 6.25. The van der Waals surface area contributed by atoms with Crippen molar-refractivity contribution in [1.29, 1.82) is 0 Å². The number of nitrogens with two attached hydrogens (primary N) is 1. The Morgan fingerprint density at radius 2 is 2.05 bits per heavy atom. The molecule has 0 bridgehead atoms. The summed E-state index contributed by atoms with van der Waals surface area (Å²) in [5, 5.41) is 0. The second kappa shape index (κ2) is 7.91. The SMILES string of the molecule is CCCC1CC(CN)(N2CCC(N(CC)CC)C2)CCO1. The van der Waals surface area contributed by atoms with Crippen LogP contribution < -0.4 is 5.73 Å². The third-order valence-corrected chi connectivity index (χ3v) is 5.68. The van der Waals surface area contributed by atoms with Crippen LogP contribution in [-0.4, -0.2) is 66.8 Å². The molecule has 3 unspecified atom stereocenters. The predicted molar refractivity (Wildman–Crippen MR) is 88.6 cm³/mol. The van der Waals surface area contributed by atoms with Crippen molar-refractivity contribution in [3.05, 3.63) is 0 Å². The number of rotatable bonds is 7. The molecule has 2 aliphatic rings. The standard InChI is InChI=1S/C17H35N3O/c1-4-7-16-12-17(14-18,9-11-21-16)20-10-8-15(13-20)19(5-2)6-3/h15-16H,4-14,18H2,1-3H3. The molecule has 4 nitrogen and oxygen atoms in total. The van der Waals surface area contributed by atoms with Gasteiger partial charge in [0.1, 0.15) is 0 Å². The van der Waals surface area contributed by atoms with Gasteiger partial charge in [-0.2, -0.15) is 0 Å². The predicted octanol–water partition coefficient (Wildman–Crippen LogP) is 2.08. The molecule has 0 spiro atoms. The Kier molecular flexibility index (Phi) is 6.48. The second-order valence-electron chi connectivity index (χ2n) is 6.77. The lowest BCUT2D eigenvalue weighted by atomic mass is 9.84. The molecular weight excluding hydrogens is 262 g/mol. The quantitative estimate of drug-likeness (QED) is 0.781. The molecule has 4 heteroatoms. The van der Waals surface area contributed by atoms with E-state index in [4.69, 9.17) is 10.5 Å². The molecule has 2 fully saturated rings. The number of hydrogen-bond acceptors (Lipinski definition) is 4. The Morgan fingerprint density at radius 1 is 1.29 bits per heavy atom. The first-order valence-electron chi connectivity index (χ1n) is 8.99. The van der Waals surface area contributed by atoms with Crippen molar-refractivity contribution in [2.75, 3.05) is 39.3 Å². The van der Waals surface area contributed by atoms with Crippen molar-refractivity contribution in [2.24, 2.45) is 5.73 Å². The first-order chi connectivity index (χ1) is 10.2. The maximum absolute atomic E-state index is 6.25. The van der Waals surface area contributed by atoms with Crippen molar-refractivity contribution >= 4 is 0 Å². The van der Waals surface area contributed by atoms with E-state index in [0.717, 1.165) is 45.1 Å². The highest BCUT2D eigenvalue weighted by Crippen LogP contribution is 2.35. The molecule has 0 aromatic heterocycles. The summed E-state index contributed by atoms with van der Waals surface area (Å²) in [7, 11) is 0. The summed E-state index contributed by atoms with van der Waals surface area (Å²) >= 11 is 0. The number of ether oxygens (including phenoxy) is 1. The first kappa shape index (κ1) is 17.2. The van der Waals surface area contributed by atoms with Gasteiger partial charge in [0, 0.05) is 37.8 Å². The lowest BCUT2D eigenvalue weighted by Crippen LogP contribution is -2.58. The smallest absolute Gasteiger partial charge is 0.0593 e. The third kappa shape index (κ3) is 3.79. The van der Waals surface area contributed by atoms with Gasteiger partial charge in [0.15, 0.2) is 0 Å². The summed E-state index contributed by atoms with van der Waals surface area (Å²) in [6, 6.07) is 0.718. The normalized spacial score (nSPS) is 34.7. The van der Waals surface area contributed by atoms with E-state index >= 15 is 0 Å². The summed E-state index contributed by atoms with van der Waals surface area (Å²) in [4.78, 5) is 5.30. The zero-order chi connectivity index (χ0) is 15.3. The van der Waals surface area contributed by atoms with Crippen molar-refractivity contribution in [2.45, 2.75) is 70.6 Å². The van der Waals surface area contributed by atoms with Crippen molar-refractivity contribution in [3.8, 4) is 0 Å². The average Bonchev–Trinajstić information content (AvgIpc) is 2.99. The van der Waals surface area contributed by atoms with Gasteiger partial charge in [-0.05, 0) is 38.8 Å². The van der Waals surface area contributed by atoms with Gasteiger partial charge >= 0.3 is 0 Å². The summed E-state index contributed by atoms with van der Waals surface area (Å²) in [6.45, 7) is 13.2. The Balaban J connectivity index is 2.00. The summed E-state index contributed by atoms with van der Waals surface area (Å²) in [5.41, 5.74) is 6.45. The first-order valence-corrected chi connectivity index (χ1v) is 8.99. The number of likely N-dealkylation sites (N-methyl/N-ethyl adjacent to an activating group) is 1. The van der Waals surface area contributed by atoms with Gasteiger partial charge in [0.25, 0.3) is 0 Å². The largest absolute Gasteiger partial charge is 0.378 e. The lowest BCUT2D eigenvalue weighted by Gasteiger charge is -2.47. The van der Waals surface area contributed by atoms with Crippen LogP contribution in [0.4, 0.5) is 0 Å². The highest BCUT2D eigenvalue weighted by atomic mass is 16.5. The molecule has 2 heterocycles. The van der Waals surface area contributed by atoms with Gasteiger partial charge < -0.3 is 10.5 Å². The van der Waals surface area contributed by atoms with Gasteiger partial charge in [-0.15, -0.1) is 0 Å². The highest BCUT2D eigenvalue weighted by molar-refractivity contribution is 5.00. The zero-order valence-electron chi connectivity index (χ0n) is 14.3. The topological polar surface area (TPSA) is 41.7 Å². The minimum atomic E-state index is 0.194. The fourth-order valence-electron chi connectivity index (χ4n) is 4.32. The van der Waals surface area contributed by atoms with Crippen molar-refractivity contribution in [3.63, 3.8) is 0 Å². The van der Waals surface area contributed by atoms with E-state index in [1.807, 2.05) is 0 Å². The Morgan fingerprint density at radius 3 is 2.67 bits per heavy atom. The molecule has 21 heavy (non-hydrogen) atoms. The molecule has 3 atom stereocenters. The van der Waals surface area contributed by atoms with Crippen molar-refractivity contribution in [1.82, 2.24) is 9.80 Å². The van der Waals surface area contributed by atoms with Crippen LogP contribution in [0.1, 0.15) is 52.9 Å². The molecule has 2 aliphatic heterocycles. The maximum Gasteiger partial charge on any atom is 0.0593 e. The van der Waals surface area contributed by atoms with E-state index in [1.54, 1.807) is 0 Å². The Labute approximate surface area is 131 Å². The van der Waals surface area contributed by atoms with Crippen LogP contribution in [0.5, 0.6) is 0 Å². The molecule has 0 aromatic carbocycles. The molecule has 0 saturated carbocycles. The molecule has 124 valence electrons. The van der Waals surface area contributed by atoms with Crippen LogP contribution in [-0.2, 0) is 4.74 Å². The van der Waals surface area contributed by atoms with Crippen LogP contribution in [0, 0.1) is 0 Å². The van der Waals surface area contributed by atoms with Gasteiger partial charge in [-0.1, -0.05) is 27.2 Å². The summed E-state index contributed by atoms with van der Waals surface area (Å²) in [6.07, 6.45) is 6.32. The van der Waals surface area contributed by atoms with Crippen LogP contribution in [0.15, 0.2) is 0 Å². The second-order valence-corrected chi connectivity index (χ2v) is 6.77. The van der Waals surface area contributed by atoms with Crippen LogP contribution in [0.25, 0.3) is 0 Å². The Bertz CT molecular complexity index is 306. The number of nitrogens with zero attached hydrogens (tertiary/aromatic N) is 2. The molecule has 2 N–H and O–H groups in total. The highest BCUT2D eigenvalue weighted by Gasteiger charge is 2.43. The molecule has 0 aromatic rings. The van der Waals surface area contributed by atoms with Gasteiger partial charge in [0.2, 0.25) is 0 Å². The van der Waals surface area contributed by atoms with Gasteiger partial charge in [-0.25, -0.2) is 0 Å². The van der Waals surface area contributed by atoms with E-state index in [1.165, 1.54) is 32.4 Å².